The van der Waals surface area contributed by atoms with E-state index in [0.29, 0.717) is 18.8 Å². The highest BCUT2D eigenvalue weighted by Crippen LogP contribution is 2.29. The summed E-state index contributed by atoms with van der Waals surface area (Å²) >= 11 is 0. The number of methoxy groups -OCH3 is 1. The molecule has 16 heavy (non-hydrogen) atoms. The van der Waals surface area contributed by atoms with Gasteiger partial charge >= 0.3 is 6.18 Å². The molecule has 0 radical (unpaired) electrons. The molecule has 0 aliphatic carbocycles. The van der Waals surface area contributed by atoms with Gasteiger partial charge in [-0.2, -0.15) is 13.2 Å². The van der Waals surface area contributed by atoms with Gasteiger partial charge in [0.15, 0.2) is 0 Å². The molecule has 0 unspecified atom stereocenters. The van der Waals surface area contributed by atoms with Gasteiger partial charge in [0.05, 0.1) is 25.4 Å². The summed E-state index contributed by atoms with van der Waals surface area (Å²) in [7, 11) is 1.54. The quantitative estimate of drug-likeness (QED) is 0.729. The molecule has 1 aromatic carbocycles. The number of halogens is 3. The van der Waals surface area contributed by atoms with Crippen LogP contribution in [-0.2, 0) is 22.3 Å². The normalized spacial score (nSPS) is 11.8. The maximum atomic E-state index is 12.3. The molecule has 1 aromatic rings. The Morgan fingerprint density at radius 1 is 1.19 bits per heavy atom. The van der Waals surface area contributed by atoms with Crippen molar-refractivity contribution in [1.82, 2.24) is 0 Å². The lowest BCUT2D eigenvalue weighted by atomic mass is 10.1. The largest absolute Gasteiger partial charge is 0.416 e. The third kappa shape index (κ3) is 4.20. The molecule has 0 aliphatic rings. The maximum Gasteiger partial charge on any atom is 0.416 e. The van der Waals surface area contributed by atoms with Crippen LogP contribution in [0.5, 0.6) is 0 Å². The maximum absolute atomic E-state index is 12.3. The summed E-state index contributed by atoms with van der Waals surface area (Å²) in [6.45, 7) is 0.957. The molecule has 0 fully saturated rings. The van der Waals surface area contributed by atoms with E-state index in [2.05, 4.69) is 0 Å². The average Bonchev–Trinajstić information content (AvgIpc) is 2.24. The van der Waals surface area contributed by atoms with Crippen molar-refractivity contribution in [3.8, 4) is 0 Å². The molecule has 0 spiro atoms. The van der Waals surface area contributed by atoms with Crippen LogP contribution >= 0.6 is 0 Å². The molecule has 0 aliphatic heterocycles. The fourth-order valence-corrected chi connectivity index (χ4v) is 1.17. The number of hydrogen-bond acceptors (Lipinski definition) is 2. The van der Waals surface area contributed by atoms with Gasteiger partial charge in [0.2, 0.25) is 0 Å². The molecule has 0 N–H and O–H groups in total. The van der Waals surface area contributed by atoms with E-state index in [-0.39, 0.29) is 6.61 Å². The number of rotatable bonds is 5. The lowest BCUT2D eigenvalue weighted by molar-refractivity contribution is -0.137. The summed E-state index contributed by atoms with van der Waals surface area (Å²) in [6, 6.07) is 5.10. The Morgan fingerprint density at radius 3 is 2.56 bits per heavy atom. The summed E-state index contributed by atoms with van der Waals surface area (Å²) in [5, 5.41) is 0. The molecule has 0 saturated heterocycles. The number of hydrogen-bond donors (Lipinski definition) is 0. The van der Waals surface area contributed by atoms with E-state index in [1.807, 2.05) is 0 Å². The van der Waals surface area contributed by atoms with Gasteiger partial charge in [0.1, 0.15) is 0 Å². The predicted octanol–water partition coefficient (Wildman–Crippen LogP) is 2.87. The zero-order valence-corrected chi connectivity index (χ0v) is 8.88. The fourth-order valence-electron chi connectivity index (χ4n) is 1.17. The summed E-state index contributed by atoms with van der Waals surface area (Å²) in [6.07, 6.45) is -4.30. The molecular formula is C11H13F3O2. The highest BCUT2D eigenvalue weighted by atomic mass is 19.4. The topological polar surface area (TPSA) is 18.5 Å². The molecule has 5 heteroatoms. The smallest absolute Gasteiger partial charge is 0.382 e. The molecule has 0 atom stereocenters. The molecular weight excluding hydrogens is 221 g/mol. The Hall–Kier alpha value is -1.07. The minimum Gasteiger partial charge on any atom is -0.382 e. The first kappa shape index (κ1) is 13.0. The zero-order valence-electron chi connectivity index (χ0n) is 8.88. The van der Waals surface area contributed by atoms with Crippen LogP contribution in [0.3, 0.4) is 0 Å². The van der Waals surface area contributed by atoms with Crippen LogP contribution < -0.4 is 0 Å². The van der Waals surface area contributed by atoms with Crippen molar-refractivity contribution in [2.75, 3.05) is 20.3 Å². The Balaban J connectivity index is 2.54. The number of ether oxygens (including phenoxy) is 2. The first-order chi connectivity index (χ1) is 7.54. The van der Waals surface area contributed by atoms with Crippen LogP contribution in [0.25, 0.3) is 0 Å². The van der Waals surface area contributed by atoms with Crippen molar-refractivity contribution in [3.63, 3.8) is 0 Å². The van der Waals surface area contributed by atoms with E-state index in [1.165, 1.54) is 13.2 Å². The summed E-state index contributed by atoms with van der Waals surface area (Å²) in [5.41, 5.74) is -0.147. The van der Waals surface area contributed by atoms with Gasteiger partial charge in [0, 0.05) is 7.11 Å². The van der Waals surface area contributed by atoms with Crippen molar-refractivity contribution in [2.45, 2.75) is 12.8 Å². The molecule has 2 nitrogen and oxygen atoms in total. The van der Waals surface area contributed by atoms with Gasteiger partial charge in [-0.15, -0.1) is 0 Å². The Kier molecular flexibility index (Phi) is 4.76. The second-order valence-electron chi connectivity index (χ2n) is 3.24. The van der Waals surface area contributed by atoms with Crippen molar-refractivity contribution in [1.29, 1.82) is 0 Å². The summed E-state index contributed by atoms with van der Waals surface area (Å²) < 4.78 is 46.9. The standard InChI is InChI=1S/C11H13F3O2/c1-15-5-6-16-8-9-3-2-4-10(7-9)11(12,13)14/h2-4,7H,5-6,8H2,1H3. The van der Waals surface area contributed by atoms with Gasteiger partial charge in [-0.25, -0.2) is 0 Å². The SMILES string of the molecule is COCCOCc1cccc(C(F)(F)F)c1. The third-order valence-electron chi connectivity index (χ3n) is 1.95. The molecule has 1 rings (SSSR count). The van der Waals surface area contributed by atoms with Crippen LogP contribution in [0, 0.1) is 0 Å². The highest BCUT2D eigenvalue weighted by Gasteiger charge is 2.30. The summed E-state index contributed by atoms with van der Waals surface area (Å²) in [4.78, 5) is 0. The number of alkyl halides is 3. The van der Waals surface area contributed by atoms with Gasteiger partial charge in [-0.1, -0.05) is 12.1 Å². The monoisotopic (exact) mass is 234 g/mol. The lowest BCUT2D eigenvalue weighted by Gasteiger charge is -2.09. The van der Waals surface area contributed by atoms with Gasteiger partial charge < -0.3 is 9.47 Å². The lowest BCUT2D eigenvalue weighted by Crippen LogP contribution is -2.06. The first-order valence-corrected chi connectivity index (χ1v) is 4.77. The second kappa shape index (κ2) is 5.86. The van der Waals surface area contributed by atoms with Crippen LogP contribution in [0.4, 0.5) is 13.2 Å². The predicted molar refractivity (Wildman–Crippen MR) is 53.0 cm³/mol. The molecule has 0 bridgehead atoms. The van der Waals surface area contributed by atoms with E-state index in [0.717, 1.165) is 12.1 Å². The van der Waals surface area contributed by atoms with Crippen molar-refractivity contribution < 1.29 is 22.6 Å². The van der Waals surface area contributed by atoms with E-state index < -0.39 is 11.7 Å². The number of benzene rings is 1. The minimum absolute atomic E-state index is 0.160. The highest BCUT2D eigenvalue weighted by molar-refractivity contribution is 5.25. The Bertz CT molecular complexity index is 323. The van der Waals surface area contributed by atoms with Crippen molar-refractivity contribution in [2.24, 2.45) is 0 Å². The molecule has 0 aromatic heterocycles. The van der Waals surface area contributed by atoms with E-state index in [1.54, 1.807) is 6.07 Å². The summed E-state index contributed by atoms with van der Waals surface area (Å²) in [5.74, 6) is 0. The van der Waals surface area contributed by atoms with Crippen molar-refractivity contribution in [3.05, 3.63) is 35.4 Å². The Labute approximate surface area is 92.0 Å². The zero-order chi connectivity index (χ0) is 12.0. The first-order valence-electron chi connectivity index (χ1n) is 4.77. The van der Waals surface area contributed by atoms with Crippen LogP contribution in [-0.4, -0.2) is 20.3 Å². The minimum atomic E-state index is -4.30. The molecule has 90 valence electrons. The van der Waals surface area contributed by atoms with Crippen LogP contribution in [0.15, 0.2) is 24.3 Å². The van der Waals surface area contributed by atoms with Crippen molar-refractivity contribution >= 4 is 0 Å². The molecule has 0 saturated carbocycles. The third-order valence-corrected chi connectivity index (χ3v) is 1.95. The van der Waals surface area contributed by atoms with Crippen LogP contribution in [0.2, 0.25) is 0 Å². The fraction of sp³-hybridized carbons (Fsp3) is 0.455. The van der Waals surface area contributed by atoms with Crippen LogP contribution in [0.1, 0.15) is 11.1 Å². The van der Waals surface area contributed by atoms with E-state index in [9.17, 15) is 13.2 Å². The molecule has 0 heterocycles. The average molecular weight is 234 g/mol. The van der Waals surface area contributed by atoms with Gasteiger partial charge in [-0.05, 0) is 17.7 Å². The second-order valence-corrected chi connectivity index (χ2v) is 3.24. The Morgan fingerprint density at radius 2 is 1.94 bits per heavy atom. The van der Waals surface area contributed by atoms with E-state index >= 15 is 0 Å². The molecule has 0 amide bonds. The van der Waals surface area contributed by atoms with E-state index in [4.69, 9.17) is 9.47 Å². The van der Waals surface area contributed by atoms with Gasteiger partial charge in [-0.3, -0.25) is 0 Å². The van der Waals surface area contributed by atoms with Gasteiger partial charge in [0.25, 0.3) is 0 Å².